The number of phenolic OH excluding ortho intramolecular Hbond substituents is 1. The van der Waals surface area contributed by atoms with Gasteiger partial charge in [0.1, 0.15) is 47.3 Å². The van der Waals surface area contributed by atoms with E-state index in [1.165, 1.54) is 30.5 Å². The van der Waals surface area contributed by atoms with Crippen LogP contribution in [0.4, 0.5) is 19.0 Å². The highest BCUT2D eigenvalue weighted by atomic mass is 19.1. The van der Waals surface area contributed by atoms with Crippen molar-refractivity contribution in [1.82, 2.24) is 24.8 Å². The summed E-state index contributed by atoms with van der Waals surface area (Å²) in [6, 6.07) is 4.83. The number of piperazine rings is 1. The van der Waals surface area contributed by atoms with Gasteiger partial charge in [0.05, 0.1) is 16.5 Å². The minimum absolute atomic E-state index is 0.0388. The quantitative estimate of drug-likeness (QED) is 0.202. The first-order valence-corrected chi connectivity index (χ1v) is 18.5. The minimum atomic E-state index is -0.975. The molecule has 6 atom stereocenters. The van der Waals surface area contributed by atoms with Crippen LogP contribution in [0.5, 0.6) is 11.8 Å². The van der Waals surface area contributed by atoms with Crippen LogP contribution in [0.25, 0.3) is 32.9 Å². The lowest BCUT2D eigenvalue weighted by Crippen LogP contribution is -2.63. The van der Waals surface area contributed by atoms with Crippen LogP contribution in [0.1, 0.15) is 51.5 Å². The maximum atomic E-state index is 17.1. The number of phenols is 1. The first kappa shape index (κ1) is 34.6. The number of carbonyl (C=O) groups excluding carboxylic acids is 2. The number of halogens is 3. The summed E-state index contributed by atoms with van der Waals surface area (Å²) < 4.78 is 58.3. The zero-order chi connectivity index (χ0) is 37.6. The highest BCUT2D eigenvalue weighted by Crippen LogP contribution is 2.43. The number of aromatic nitrogens is 3. The molecule has 2 bridgehead atoms. The van der Waals surface area contributed by atoms with Crippen LogP contribution in [-0.2, 0) is 14.3 Å². The molecule has 1 unspecified atom stereocenters. The summed E-state index contributed by atoms with van der Waals surface area (Å²) in [5.74, 6) is -0.0805. The summed E-state index contributed by atoms with van der Waals surface area (Å²) in [6.45, 7) is 5.75. The molecule has 5 aliphatic heterocycles. The normalized spacial score (nSPS) is 27.7. The molecular weight excluding hydrogens is 701 g/mol. The first-order chi connectivity index (χ1) is 26.0. The van der Waals surface area contributed by atoms with Gasteiger partial charge in [-0.25, -0.2) is 13.2 Å². The van der Waals surface area contributed by atoms with Crippen molar-refractivity contribution in [2.75, 3.05) is 37.7 Å². The molecule has 7 heterocycles. The fraction of sp³-hybridized carbons (Fsp3) is 0.475. The zero-order valence-electron chi connectivity index (χ0n) is 29.9. The molecule has 0 spiro atoms. The Balaban J connectivity index is 1.12. The molecule has 5 saturated heterocycles. The van der Waals surface area contributed by atoms with Gasteiger partial charge in [0.25, 0.3) is 5.91 Å². The van der Waals surface area contributed by atoms with Gasteiger partial charge in [0.15, 0.2) is 11.9 Å². The number of aromatic hydroxyl groups is 1. The largest absolute Gasteiger partial charge is 0.508 e. The van der Waals surface area contributed by atoms with Crippen molar-refractivity contribution in [1.29, 1.82) is 0 Å². The van der Waals surface area contributed by atoms with Crippen LogP contribution in [0.2, 0.25) is 0 Å². The van der Waals surface area contributed by atoms with Gasteiger partial charge in [-0.05, 0) is 61.7 Å². The molecule has 0 aliphatic carbocycles. The molecule has 1 N–H and O–H groups in total. The van der Waals surface area contributed by atoms with Crippen molar-refractivity contribution in [2.45, 2.75) is 75.8 Å². The van der Waals surface area contributed by atoms with E-state index in [-0.39, 0.29) is 81.4 Å². The molecule has 1 amide bonds. The third-order valence-electron chi connectivity index (χ3n) is 12.2. The second-order valence-corrected chi connectivity index (χ2v) is 15.7. The van der Waals surface area contributed by atoms with Gasteiger partial charge >= 0.3 is 12.0 Å². The average Bonchev–Trinajstić information content (AvgIpc) is 3.75. The van der Waals surface area contributed by atoms with Crippen molar-refractivity contribution < 1.29 is 37.3 Å². The number of carbonyl (C=O) groups is 2. The smallest absolute Gasteiger partial charge is 0.319 e. The molecule has 0 radical (unpaired) electrons. The molecule has 9 rings (SSSR count). The minimum Gasteiger partial charge on any atom is -0.508 e. The highest BCUT2D eigenvalue weighted by Gasteiger charge is 2.54. The Labute approximate surface area is 309 Å². The number of ether oxygens (including phenoxy) is 2. The van der Waals surface area contributed by atoms with Crippen LogP contribution in [0.3, 0.4) is 0 Å². The van der Waals surface area contributed by atoms with Gasteiger partial charge in [0, 0.05) is 55.3 Å². The first-order valence-electron chi connectivity index (χ1n) is 18.5. The number of fused-ring (bicyclic) bond motifs is 5. The lowest BCUT2D eigenvalue weighted by atomic mass is 9.85. The van der Waals surface area contributed by atoms with E-state index in [1.807, 2.05) is 23.6 Å². The van der Waals surface area contributed by atoms with E-state index in [0.29, 0.717) is 37.3 Å². The number of hydrogen-bond acceptors (Lipinski definition) is 10. The van der Waals surface area contributed by atoms with Crippen molar-refractivity contribution in [3.63, 3.8) is 0 Å². The average molecular weight is 741 g/mol. The van der Waals surface area contributed by atoms with E-state index in [0.717, 1.165) is 32.2 Å². The Morgan fingerprint density at radius 1 is 1.17 bits per heavy atom. The number of rotatable bonds is 7. The standard InChI is InChI=1S/C40H39F3N6O5/c1-4-26-29(42)9-6-21-12-25(50)13-27(31(21)26)33-32(43)34-28(15-44-33)36(46-39(45-34)53-19-40-10-5-11-48(40)16-22(41)14-40)47-17-23-7-8-24(18-47)49(23)37(51)35-30(20(2)3)38(52)54-35/h1,6,9,12-13,15,20,22-24,30,35,50H,5,7-8,10-11,14,16-19H2,2-3H3/t22-,23+,24?,30+,35-,40+/m1/s1. The molecule has 5 aliphatic rings. The number of cyclic esters (lactones) is 1. The number of esters is 1. The number of hydrogen-bond donors (Lipinski definition) is 1. The molecule has 0 saturated carbocycles. The lowest BCUT2D eigenvalue weighted by molar-refractivity contribution is -0.197. The number of terminal acetylenes is 1. The summed E-state index contributed by atoms with van der Waals surface area (Å²) >= 11 is 0. The number of amides is 1. The summed E-state index contributed by atoms with van der Waals surface area (Å²) in [5, 5.41) is 11.5. The number of benzene rings is 2. The molecule has 2 aromatic carbocycles. The maximum absolute atomic E-state index is 17.1. The van der Waals surface area contributed by atoms with Crippen molar-refractivity contribution in [3.8, 4) is 35.4 Å². The van der Waals surface area contributed by atoms with Gasteiger partial charge < -0.3 is 24.4 Å². The molecule has 5 fully saturated rings. The molecule has 280 valence electrons. The van der Waals surface area contributed by atoms with Gasteiger partial charge in [-0.1, -0.05) is 25.8 Å². The Kier molecular flexibility index (Phi) is 8.15. The van der Waals surface area contributed by atoms with Crippen LogP contribution < -0.4 is 9.64 Å². The van der Waals surface area contributed by atoms with E-state index in [2.05, 4.69) is 20.8 Å². The summed E-state index contributed by atoms with van der Waals surface area (Å²) in [5.41, 5.74) is -0.847. The van der Waals surface area contributed by atoms with Crippen molar-refractivity contribution >= 4 is 39.4 Å². The lowest BCUT2D eigenvalue weighted by Gasteiger charge is -2.45. The summed E-state index contributed by atoms with van der Waals surface area (Å²) in [4.78, 5) is 45.8. The Hall–Kier alpha value is -5.16. The van der Waals surface area contributed by atoms with E-state index in [1.54, 1.807) is 0 Å². The van der Waals surface area contributed by atoms with Crippen LogP contribution >= 0.6 is 0 Å². The zero-order valence-corrected chi connectivity index (χ0v) is 29.9. The predicted molar refractivity (Wildman–Crippen MR) is 192 cm³/mol. The molecule has 14 heteroatoms. The van der Waals surface area contributed by atoms with Crippen LogP contribution in [-0.4, -0.2) is 104 Å². The third-order valence-corrected chi connectivity index (χ3v) is 12.2. The Morgan fingerprint density at radius 3 is 2.67 bits per heavy atom. The van der Waals surface area contributed by atoms with Crippen molar-refractivity contribution in [2.24, 2.45) is 11.8 Å². The second-order valence-electron chi connectivity index (χ2n) is 15.7. The molecule has 11 nitrogen and oxygen atoms in total. The second kappa shape index (κ2) is 12.7. The maximum Gasteiger partial charge on any atom is 0.319 e. The van der Waals surface area contributed by atoms with Crippen LogP contribution in [0.15, 0.2) is 30.5 Å². The fourth-order valence-electron chi connectivity index (χ4n) is 9.65. The van der Waals surface area contributed by atoms with Gasteiger partial charge in [-0.15, -0.1) is 6.42 Å². The number of alkyl halides is 1. The number of pyridine rings is 1. The molecular formula is C40H39F3N6O5. The topological polar surface area (TPSA) is 121 Å². The van der Waals surface area contributed by atoms with Gasteiger partial charge in [-0.2, -0.15) is 9.97 Å². The summed E-state index contributed by atoms with van der Waals surface area (Å²) in [7, 11) is 0. The molecule has 4 aromatic rings. The van der Waals surface area contributed by atoms with Crippen molar-refractivity contribution in [3.05, 3.63) is 47.7 Å². The monoisotopic (exact) mass is 740 g/mol. The fourth-order valence-corrected chi connectivity index (χ4v) is 9.65. The van der Waals surface area contributed by atoms with E-state index < -0.39 is 35.4 Å². The van der Waals surface area contributed by atoms with Gasteiger partial charge in [-0.3, -0.25) is 19.5 Å². The molecule has 54 heavy (non-hydrogen) atoms. The highest BCUT2D eigenvalue weighted by molar-refractivity contribution is 6.03. The number of anilines is 1. The number of nitrogens with zero attached hydrogens (tertiary/aromatic N) is 6. The van der Waals surface area contributed by atoms with Gasteiger partial charge in [0.2, 0.25) is 0 Å². The SMILES string of the molecule is C#Cc1c(F)ccc2cc(O)cc(-c3ncc4c(N5CC6CC[C@@H](C5)N6C(=O)[C@@H]5OC(=O)[C@H]5C(C)C)nc(OC[C@@]56CCCN5C[C@H](F)C6)nc4c3F)c12. The molecule has 2 aromatic heterocycles. The van der Waals surface area contributed by atoms with E-state index in [4.69, 9.17) is 20.9 Å². The van der Waals surface area contributed by atoms with Crippen LogP contribution in [0, 0.1) is 35.8 Å². The third kappa shape index (κ3) is 5.33. The Bertz CT molecular complexity index is 2270. The van der Waals surface area contributed by atoms with E-state index >= 15 is 4.39 Å². The Morgan fingerprint density at radius 2 is 1.94 bits per heavy atom. The van der Waals surface area contributed by atoms with E-state index in [9.17, 15) is 23.5 Å². The summed E-state index contributed by atoms with van der Waals surface area (Å²) in [6.07, 6.45) is 8.80. The predicted octanol–water partition coefficient (Wildman–Crippen LogP) is 5.14.